The summed E-state index contributed by atoms with van der Waals surface area (Å²) in [4.78, 5) is 24.4. The van der Waals surface area contributed by atoms with Crippen LogP contribution in [0.15, 0.2) is 53.4 Å². The van der Waals surface area contributed by atoms with Gasteiger partial charge < -0.3 is 10.6 Å². The maximum absolute atomic E-state index is 12.9. The molecule has 0 radical (unpaired) electrons. The molecule has 0 aromatic heterocycles. The largest absolute Gasteiger partial charge is 0.355 e. The number of nitrogens with zero attached hydrogens (tertiary/aromatic N) is 1. The summed E-state index contributed by atoms with van der Waals surface area (Å²) >= 11 is 5.85. The zero-order valence-corrected chi connectivity index (χ0v) is 18.2. The minimum absolute atomic E-state index is 0.145. The van der Waals surface area contributed by atoms with Gasteiger partial charge in [-0.1, -0.05) is 23.7 Å². The van der Waals surface area contributed by atoms with Crippen molar-refractivity contribution in [1.29, 1.82) is 0 Å². The van der Waals surface area contributed by atoms with Crippen LogP contribution < -0.4 is 10.6 Å². The molecule has 0 bridgehead atoms. The van der Waals surface area contributed by atoms with Crippen molar-refractivity contribution in [3.05, 3.63) is 64.7 Å². The smallest absolute Gasteiger partial charge is 0.251 e. The number of sulfonamides is 1. The third-order valence-electron chi connectivity index (χ3n) is 5.12. The van der Waals surface area contributed by atoms with E-state index in [0.717, 1.165) is 5.56 Å². The van der Waals surface area contributed by atoms with Crippen LogP contribution in [0.5, 0.6) is 0 Å². The van der Waals surface area contributed by atoms with E-state index in [9.17, 15) is 18.0 Å². The molecule has 1 saturated heterocycles. The van der Waals surface area contributed by atoms with Crippen molar-refractivity contribution < 1.29 is 18.0 Å². The van der Waals surface area contributed by atoms with Crippen LogP contribution in [0.2, 0.25) is 5.02 Å². The third kappa shape index (κ3) is 5.19. The predicted octanol–water partition coefficient (Wildman–Crippen LogP) is 2.42. The van der Waals surface area contributed by atoms with Crippen molar-refractivity contribution in [3.8, 4) is 0 Å². The number of halogens is 1. The SMILES string of the molecule is CNC(=O)c1ccc(CNC(=O)C2CCCN(S(=O)(=O)c3ccc(Cl)cc3)C2)cc1. The van der Waals surface area contributed by atoms with Gasteiger partial charge in [0, 0.05) is 37.3 Å². The number of rotatable bonds is 6. The second kappa shape index (κ2) is 9.59. The van der Waals surface area contributed by atoms with Gasteiger partial charge in [0.1, 0.15) is 0 Å². The lowest BCUT2D eigenvalue weighted by molar-refractivity contribution is -0.126. The third-order valence-corrected chi connectivity index (χ3v) is 7.25. The maximum Gasteiger partial charge on any atom is 0.251 e. The van der Waals surface area contributed by atoms with Crippen molar-refractivity contribution >= 4 is 33.4 Å². The highest BCUT2D eigenvalue weighted by Crippen LogP contribution is 2.25. The van der Waals surface area contributed by atoms with Crippen molar-refractivity contribution in [1.82, 2.24) is 14.9 Å². The first-order valence-electron chi connectivity index (χ1n) is 9.65. The predicted molar refractivity (Wildman–Crippen MR) is 115 cm³/mol. The summed E-state index contributed by atoms with van der Waals surface area (Å²) in [5.74, 6) is -0.762. The van der Waals surface area contributed by atoms with Crippen LogP contribution in [0.25, 0.3) is 0 Å². The molecule has 2 N–H and O–H groups in total. The molecule has 1 fully saturated rings. The molecule has 2 aromatic carbocycles. The van der Waals surface area contributed by atoms with Gasteiger partial charge in [-0.05, 0) is 54.8 Å². The molecule has 2 aromatic rings. The summed E-state index contributed by atoms with van der Waals surface area (Å²) in [5.41, 5.74) is 1.40. The van der Waals surface area contributed by atoms with Gasteiger partial charge in [0.15, 0.2) is 0 Å². The number of hydrogen-bond donors (Lipinski definition) is 2. The Morgan fingerprint density at radius 1 is 1.10 bits per heavy atom. The summed E-state index contributed by atoms with van der Waals surface area (Å²) in [7, 11) is -2.10. The van der Waals surface area contributed by atoms with Gasteiger partial charge in [-0.25, -0.2) is 8.42 Å². The Labute approximate surface area is 181 Å². The number of carbonyl (C=O) groups is 2. The maximum atomic E-state index is 12.9. The van der Waals surface area contributed by atoms with E-state index >= 15 is 0 Å². The van der Waals surface area contributed by atoms with Crippen LogP contribution in [0.4, 0.5) is 0 Å². The molecule has 7 nitrogen and oxygen atoms in total. The Morgan fingerprint density at radius 2 is 1.77 bits per heavy atom. The van der Waals surface area contributed by atoms with Crippen LogP contribution in [-0.2, 0) is 21.4 Å². The number of amides is 2. The van der Waals surface area contributed by atoms with E-state index in [2.05, 4.69) is 10.6 Å². The molecule has 160 valence electrons. The molecule has 1 heterocycles. The Bertz CT molecular complexity index is 1010. The highest BCUT2D eigenvalue weighted by Gasteiger charge is 2.33. The normalized spacial score (nSPS) is 17.3. The topological polar surface area (TPSA) is 95.6 Å². The van der Waals surface area contributed by atoms with Crippen molar-refractivity contribution in [2.75, 3.05) is 20.1 Å². The minimum atomic E-state index is -3.67. The molecule has 1 atom stereocenters. The number of piperidine rings is 1. The van der Waals surface area contributed by atoms with Crippen LogP contribution in [-0.4, -0.2) is 44.7 Å². The Kier molecular flexibility index (Phi) is 7.12. The minimum Gasteiger partial charge on any atom is -0.355 e. The second-order valence-corrected chi connectivity index (χ2v) is 9.52. The molecule has 9 heteroatoms. The average molecular weight is 450 g/mol. The number of carbonyl (C=O) groups excluding carboxylic acids is 2. The van der Waals surface area contributed by atoms with Crippen LogP contribution in [0.1, 0.15) is 28.8 Å². The molecule has 3 rings (SSSR count). The summed E-state index contributed by atoms with van der Waals surface area (Å²) in [6.45, 7) is 0.843. The fourth-order valence-corrected chi connectivity index (χ4v) is 5.03. The zero-order chi connectivity index (χ0) is 21.7. The fourth-order valence-electron chi connectivity index (χ4n) is 3.38. The molecule has 30 heavy (non-hydrogen) atoms. The molecule has 0 aliphatic carbocycles. The lowest BCUT2D eigenvalue weighted by atomic mass is 9.98. The van der Waals surface area contributed by atoms with Crippen LogP contribution in [0.3, 0.4) is 0 Å². The highest BCUT2D eigenvalue weighted by molar-refractivity contribution is 7.89. The first kappa shape index (κ1) is 22.3. The summed E-state index contributed by atoms with van der Waals surface area (Å²) in [5, 5.41) is 5.89. The van der Waals surface area contributed by atoms with Gasteiger partial charge >= 0.3 is 0 Å². The number of nitrogens with one attached hydrogen (secondary N) is 2. The standard InChI is InChI=1S/C21H24ClN3O4S/c1-23-20(26)16-6-4-15(5-7-16)13-24-21(27)17-3-2-12-25(14-17)30(28,29)19-10-8-18(22)9-11-19/h4-11,17H,2-3,12-14H2,1H3,(H,23,26)(H,24,27). The molecule has 1 unspecified atom stereocenters. The quantitative estimate of drug-likeness (QED) is 0.707. The van der Waals surface area contributed by atoms with Gasteiger partial charge in [0.05, 0.1) is 10.8 Å². The van der Waals surface area contributed by atoms with Gasteiger partial charge in [-0.3, -0.25) is 9.59 Å². The zero-order valence-electron chi connectivity index (χ0n) is 16.6. The van der Waals surface area contributed by atoms with E-state index in [1.54, 1.807) is 31.3 Å². The second-order valence-electron chi connectivity index (χ2n) is 7.15. The Balaban J connectivity index is 1.60. The molecular weight excluding hydrogens is 426 g/mol. The lowest BCUT2D eigenvalue weighted by Gasteiger charge is -2.31. The van der Waals surface area contributed by atoms with E-state index in [1.165, 1.54) is 28.6 Å². The molecule has 0 spiro atoms. The van der Waals surface area contributed by atoms with E-state index in [0.29, 0.717) is 36.5 Å². The van der Waals surface area contributed by atoms with Gasteiger partial charge in [-0.15, -0.1) is 0 Å². The summed E-state index contributed by atoms with van der Waals surface area (Å²) in [6, 6.07) is 13.0. The average Bonchev–Trinajstić information content (AvgIpc) is 2.77. The molecule has 1 aliphatic heterocycles. The van der Waals surface area contributed by atoms with Gasteiger partial charge in [-0.2, -0.15) is 4.31 Å². The van der Waals surface area contributed by atoms with Crippen molar-refractivity contribution in [3.63, 3.8) is 0 Å². The highest BCUT2D eigenvalue weighted by atomic mass is 35.5. The summed E-state index contributed by atoms with van der Waals surface area (Å²) < 4.78 is 27.1. The van der Waals surface area contributed by atoms with Crippen molar-refractivity contribution in [2.45, 2.75) is 24.3 Å². The molecular formula is C21H24ClN3O4S. The number of benzene rings is 2. The van der Waals surface area contributed by atoms with Gasteiger partial charge in [0.25, 0.3) is 5.91 Å². The molecule has 1 aliphatic rings. The monoisotopic (exact) mass is 449 g/mol. The molecule has 0 saturated carbocycles. The first-order chi connectivity index (χ1) is 14.3. The van der Waals surface area contributed by atoms with Crippen LogP contribution >= 0.6 is 11.6 Å². The van der Waals surface area contributed by atoms with Crippen molar-refractivity contribution in [2.24, 2.45) is 5.92 Å². The summed E-state index contributed by atoms with van der Waals surface area (Å²) in [6.07, 6.45) is 1.25. The van der Waals surface area contributed by atoms with Gasteiger partial charge in [0.2, 0.25) is 15.9 Å². The number of hydrogen-bond acceptors (Lipinski definition) is 4. The van der Waals surface area contributed by atoms with Crippen LogP contribution in [0, 0.1) is 5.92 Å². The van der Waals surface area contributed by atoms with E-state index in [4.69, 9.17) is 11.6 Å². The van der Waals surface area contributed by atoms with E-state index < -0.39 is 15.9 Å². The van der Waals surface area contributed by atoms with E-state index in [1.807, 2.05) is 0 Å². The Hall–Kier alpha value is -2.42. The Morgan fingerprint density at radius 3 is 2.40 bits per heavy atom. The fraction of sp³-hybridized carbons (Fsp3) is 0.333. The molecule has 2 amide bonds. The van der Waals surface area contributed by atoms with E-state index in [-0.39, 0.29) is 23.3 Å². The lowest BCUT2D eigenvalue weighted by Crippen LogP contribution is -2.45. The first-order valence-corrected chi connectivity index (χ1v) is 11.5.